The molecule has 4 aliphatic rings. The highest BCUT2D eigenvalue weighted by Crippen LogP contribution is 2.41. The highest BCUT2D eigenvalue weighted by molar-refractivity contribution is 5.96. The van der Waals surface area contributed by atoms with Crippen LogP contribution in [0.25, 0.3) is 44.1 Å². The maximum Gasteiger partial charge on any atom is 0.143 e. The Labute approximate surface area is 664 Å². The second-order valence-electron chi connectivity index (χ2n) is 34.3. The highest BCUT2D eigenvalue weighted by Gasteiger charge is 2.32. The lowest BCUT2D eigenvalue weighted by molar-refractivity contribution is 0.385. The summed E-state index contributed by atoms with van der Waals surface area (Å²) < 4.78 is 2.16. The summed E-state index contributed by atoms with van der Waals surface area (Å²) in [4.78, 5) is 89.8. The zero-order valence-corrected chi connectivity index (χ0v) is 65.4. The molecule has 23 nitrogen and oxygen atoms in total. The van der Waals surface area contributed by atoms with E-state index in [0.29, 0.717) is 5.92 Å². The third-order valence-corrected chi connectivity index (χ3v) is 17.1. The minimum Gasteiger partial charge on any atom is -0.346 e. The van der Waals surface area contributed by atoms with Gasteiger partial charge >= 0.3 is 0 Å². The molecule has 12 aromatic heterocycles. The Morgan fingerprint density at radius 3 is 1.61 bits per heavy atom. The number of fused-ring (bicyclic) bond motifs is 8. The maximum absolute atomic E-state index is 4.51. The van der Waals surface area contributed by atoms with Crippen molar-refractivity contribution in [2.24, 2.45) is 30.8 Å². The van der Waals surface area contributed by atoms with Gasteiger partial charge in [-0.25, -0.2) is 74.8 Å². The van der Waals surface area contributed by atoms with E-state index in [0.717, 1.165) is 121 Å². The van der Waals surface area contributed by atoms with Crippen molar-refractivity contribution in [3.63, 3.8) is 0 Å². The Morgan fingerprint density at radius 2 is 1.00 bits per heavy atom. The number of pyridine rings is 1. The van der Waals surface area contributed by atoms with Gasteiger partial charge in [0.1, 0.15) is 88.6 Å². The molecule has 1 unspecified atom stereocenters. The average Bonchev–Trinajstić information content (AvgIpc) is 1.76. The monoisotopic (exact) mass is 1510 g/mol. The van der Waals surface area contributed by atoms with Gasteiger partial charge in [-0.2, -0.15) is 0 Å². The lowest BCUT2D eigenvalue weighted by Gasteiger charge is -2.24. The van der Waals surface area contributed by atoms with Crippen LogP contribution in [0.5, 0.6) is 0 Å². The number of aromatic nitrogens is 19. The first-order valence-electron chi connectivity index (χ1n) is 35.4. The number of hydrogen-bond acceptors (Lipinski definition) is 19. The predicted octanol–water partition coefficient (Wildman–Crippen LogP) is 22.5. The van der Waals surface area contributed by atoms with Crippen LogP contribution < -0.4 is 0 Å². The second-order valence-corrected chi connectivity index (χ2v) is 34.3. The predicted molar refractivity (Wildman–Crippen MR) is 469 cm³/mol. The van der Waals surface area contributed by atoms with E-state index in [-0.39, 0.29) is 95.4 Å². The Morgan fingerprint density at radius 1 is 0.423 bits per heavy atom. The van der Waals surface area contributed by atoms with Gasteiger partial charge in [0.25, 0.3) is 0 Å². The Kier molecular flexibility index (Phi) is 33.9. The van der Waals surface area contributed by atoms with Gasteiger partial charge in [-0.15, -0.1) is 0 Å². The van der Waals surface area contributed by atoms with Crippen LogP contribution in [0.4, 0.5) is 22.7 Å². The molecular formula is C88H133N23. The minimum atomic E-state index is 0. The van der Waals surface area contributed by atoms with Crippen molar-refractivity contribution in [3.8, 4) is 0 Å². The fraction of sp³-hybridized carbons (Fsp3) is 0.489. The fourth-order valence-electron chi connectivity index (χ4n) is 11.1. The molecule has 0 fully saturated rings. The van der Waals surface area contributed by atoms with E-state index in [4.69, 9.17) is 0 Å². The lowest BCUT2D eigenvalue weighted by Crippen LogP contribution is -2.20. The number of aromatic amines is 3. The number of aliphatic imine (C=N–C) groups is 4. The molecule has 0 amide bonds. The maximum atomic E-state index is 4.51. The van der Waals surface area contributed by atoms with E-state index in [1.807, 2.05) is 74.2 Å². The van der Waals surface area contributed by atoms with Crippen LogP contribution in [0.1, 0.15) is 275 Å². The molecule has 4 aliphatic heterocycles. The Hall–Kier alpha value is -10.5. The zero-order valence-electron chi connectivity index (χ0n) is 65.4. The van der Waals surface area contributed by atoms with Crippen LogP contribution in [-0.4, -0.2) is 119 Å². The van der Waals surface area contributed by atoms with E-state index in [1.54, 1.807) is 44.0 Å². The topological polar surface area (TPSA) is 295 Å². The molecule has 0 saturated carbocycles. The largest absolute Gasteiger partial charge is 0.346 e. The van der Waals surface area contributed by atoms with E-state index in [1.165, 1.54) is 22.4 Å². The number of nitrogens with one attached hydrogen (secondary N) is 3. The van der Waals surface area contributed by atoms with E-state index < -0.39 is 0 Å². The Balaban J connectivity index is 0.000000427. The van der Waals surface area contributed by atoms with Gasteiger partial charge in [0, 0.05) is 153 Å². The van der Waals surface area contributed by atoms with Crippen molar-refractivity contribution in [2.75, 3.05) is 0 Å². The number of rotatable bonds is 0. The quantitative estimate of drug-likeness (QED) is 0.127. The van der Waals surface area contributed by atoms with Gasteiger partial charge in [0.2, 0.25) is 0 Å². The molecule has 111 heavy (non-hydrogen) atoms. The number of H-pyrrole nitrogens is 3. The first kappa shape index (κ1) is 96.6. The molecule has 12 aromatic rings. The average molecular weight is 1510 g/mol. The lowest BCUT2D eigenvalue weighted by atomic mass is 9.80. The van der Waals surface area contributed by atoms with Crippen molar-refractivity contribution in [3.05, 3.63) is 175 Å². The smallest absolute Gasteiger partial charge is 0.143 e. The van der Waals surface area contributed by atoms with E-state index in [9.17, 15) is 0 Å². The highest BCUT2D eigenvalue weighted by atomic mass is 15.1. The molecule has 0 aliphatic carbocycles. The molecular weight excluding hydrogens is 1380 g/mol. The van der Waals surface area contributed by atoms with E-state index >= 15 is 0 Å². The van der Waals surface area contributed by atoms with Crippen LogP contribution in [-0.2, 0) is 51.9 Å². The van der Waals surface area contributed by atoms with E-state index in [2.05, 4.69) is 305 Å². The third-order valence-electron chi connectivity index (χ3n) is 17.1. The molecule has 0 bridgehead atoms. The first-order valence-corrected chi connectivity index (χ1v) is 35.4. The van der Waals surface area contributed by atoms with Gasteiger partial charge < -0.3 is 19.5 Å². The minimum absolute atomic E-state index is 0. The zero-order chi connectivity index (χ0) is 75.8. The summed E-state index contributed by atoms with van der Waals surface area (Å²) in [6.07, 6.45) is 34.9. The fourth-order valence-corrected chi connectivity index (χ4v) is 11.1. The normalized spacial score (nSPS) is 13.4. The van der Waals surface area contributed by atoms with Crippen molar-refractivity contribution in [2.45, 2.75) is 276 Å². The standard InChI is InChI=1S/C11H14N2.7C10H13N3.7CH4/c1-11(2,3)9-5-7-13-10-8(9)4-6-12-10;1-10(2,3)7-4-12-8-5-11-6-13-9(7)8;1-10(2,3)9-4-7-8(13-9)5-11-6-12-7;1-10(2,3)8-4-7-5-11-6-12-9(7)13-8;1-10(2,3)13-5-4-8-6-11-7-12-9(8)13;1-10(2,3)9-8-7(4-5-11-8)12-6-13-9;1-10(2,3)9-12-6-8-7(13-9)4-5-11-8;1-10(2,3)9-12-6-7-4-5-11-8(7)13-9;;;;;;;/h4-7H,1-3H3,(H,12,13);4-7H,1-3H3;5-6H,4H2,1-3H3;4-6H,1-3H3,(H,11,12,13);4-7H,1-3H3;2*5-6H,4H2,1-3H3;4-6H,1-3H3,(H,11,12,13);7*1H4. The van der Waals surface area contributed by atoms with Crippen molar-refractivity contribution in [1.82, 2.24) is 94.3 Å². The van der Waals surface area contributed by atoms with Gasteiger partial charge in [-0.05, 0) is 67.5 Å². The van der Waals surface area contributed by atoms with Gasteiger partial charge in [-0.1, -0.05) is 197 Å². The second kappa shape index (κ2) is 39.0. The number of nitrogens with zero attached hydrogens (tertiary/aromatic N) is 20. The summed E-state index contributed by atoms with van der Waals surface area (Å²) in [6.45, 7) is 51.8. The molecule has 1 atom stereocenters. The van der Waals surface area contributed by atoms with Crippen LogP contribution in [0.15, 0.2) is 144 Å². The van der Waals surface area contributed by atoms with Gasteiger partial charge in [0.15, 0.2) is 0 Å². The van der Waals surface area contributed by atoms with Crippen molar-refractivity contribution in [1.29, 1.82) is 0 Å². The van der Waals surface area contributed by atoms with Crippen LogP contribution in [0.2, 0.25) is 0 Å². The summed E-state index contributed by atoms with van der Waals surface area (Å²) in [5.74, 6) is 2.10. The van der Waals surface area contributed by atoms with Crippen LogP contribution in [0, 0.1) is 10.8 Å². The molecule has 0 spiro atoms. The molecule has 16 rings (SSSR count). The van der Waals surface area contributed by atoms with Crippen LogP contribution in [0.3, 0.4) is 0 Å². The number of hydrogen-bond donors (Lipinski definition) is 3. The van der Waals surface area contributed by atoms with Gasteiger partial charge in [0.05, 0.1) is 47.1 Å². The van der Waals surface area contributed by atoms with Crippen molar-refractivity contribution < 1.29 is 0 Å². The molecule has 23 heteroatoms. The Bertz CT molecular complexity index is 4950. The molecule has 0 radical (unpaired) electrons. The summed E-state index contributed by atoms with van der Waals surface area (Å²) in [5.41, 5.74) is 17.4. The van der Waals surface area contributed by atoms with Gasteiger partial charge in [-0.3, -0.25) is 20.0 Å². The molecule has 16 heterocycles. The SMILES string of the molecule is C.C.C.C.C.C.C.CC(C)(C)C1=Nc2cncnc2C1.CC(C)(C)C1C=Nc2cncnc21.CC(C)(C)c1cc2cncnc2[nH]1.CC(C)(C)c1ccnc2[nH]ccc12.CC(C)(C)c1ncc2c(n1)CC=N2.CC(C)(C)c1ncc2cc[nH]c2n1.CC(C)(C)c1ncnc2c1N=CC2.CC(C)(C)n1ccc2cncnc21. The molecule has 0 saturated heterocycles. The molecule has 3 N–H and O–H groups in total. The molecule has 0 aromatic carbocycles. The summed E-state index contributed by atoms with van der Waals surface area (Å²) in [6, 6.07) is 10.3. The molecule has 600 valence electrons. The summed E-state index contributed by atoms with van der Waals surface area (Å²) in [5, 5.41) is 4.47. The summed E-state index contributed by atoms with van der Waals surface area (Å²) in [7, 11) is 0. The third kappa shape index (κ3) is 25.3. The van der Waals surface area contributed by atoms with Crippen LogP contribution >= 0.6 is 0 Å². The first-order chi connectivity index (χ1) is 48.6. The summed E-state index contributed by atoms with van der Waals surface area (Å²) >= 11 is 0. The van der Waals surface area contributed by atoms with Crippen molar-refractivity contribution >= 4 is 91.2 Å².